The second-order valence-corrected chi connectivity index (χ2v) is 8.14. The Hall–Kier alpha value is -3.80. The Morgan fingerprint density at radius 2 is 1.73 bits per heavy atom. The van der Waals surface area contributed by atoms with Gasteiger partial charge in [-0.1, -0.05) is 55.5 Å². The highest BCUT2D eigenvalue weighted by Gasteiger charge is 2.27. The highest BCUT2D eigenvalue weighted by molar-refractivity contribution is 5.97. The Bertz CT molecular complexity index is 1130. The summed E-state index contributed by atoms with van der Waals surface area (Å²) in [6.45, 7) is 5.53. The summed E-state index contributed by atoms with van der Waals surface area (Å²) < 4.78 is 11.7. The summed E-state index contributed by atoms with van der Waals surface area (Å²) in [6.07, 6.45) is -0.574. The third kappa shape index (κ3) is 5.17. The average Bonchev–Trinajstić information content (AvgIpc) is 2.84. The van der Waals surface area contributed by atoms with Crippen LogP contribution >= 0.6 is 0 Å². The Labute approximate surface area is 193 Å². The summed E-state index contributed by atoms with van der Waals surface area (Å²) in [4.78, 5) is 24.7. The Morgan fingerprint density at radius 1 is 1.03 bits per heavy atom. The van der Waals surface area contributed by atoms with E-state index in [1.54, 1.807) is 13.0 Å². The van der Waals surface area contributed by atoms with Crippen LogP contribution in [0.1, 0.15) is 38.8 Å². The molecule has 0 aliphatic carbocycles. The molecule has 0 radical (unpaired) electrons. The van der Waals surface area contributed by atoms with E-state index >= 15 is 0 Å². The predicted molar refractivity (Wildman–Crippen MR) is 128 cm³/mol. The van der Waals surface area contributed by atoms with E-state index in [2.05, 4.69) is 22.8 Å². The molecule has 3 atom stereocenters. The number of carbonyl (C=O) groups is 2. The number of hydrogen-bond acceptors (Lipinski definition) is 4. The van der Waals surface area contributed by atoms with E-state index in [9.17, 15) is 9.59 Å². The Kier molecular flexibility index (Phi) is 6.63. The molecule has 2 N–H and O–H groups in total. The maximum Gasteiger partial charge on any atom is 0.265 e. The minimum absolute atomic E-state index is 0.137. The molecule has 33 heavy (non-hydrogen) atoms. The van der Waals surface area contributed by atoms with Gasteiger partial charge in [0.05, 0.1) is 11.7 Å². The van der Waals surface area contributed by atoms with Gasteiger partial charge in [0.15, 0.2) is 12.2 Å². The maximum absolute atomic E-state index is 12.7. The normalized spacial score (nSPS) is 16.6. The van der Waals surface area contributed by atoms with Crippen LogP contribution < -0.4 is 20.1 Å². The zero-order valence-electron chi connectivity index (χ0n) is 19.0. The summed E-state index contributed by atoms with van der Waals surface area (Å²) in [5, 5.41) is 5.84. The van der Waals surface area contributed by atoms with Gasteiger partial charge in [-0.2, -0.15) is 0 Å². The van der Waals surface area contributed by atoms with Gasteiger partial charge in [-0.25, -0.2) is 0 Å². The molecule has 6 nitrogen and oxygen atoms in total. The molecular weight excluding hydrogens is 416 g/mol. The van der Waals surface area contributed by atoms with Gasteiger partial charge in [0.25, 0.3) is 11.8 Å². The number of nitrogens with one attached hydrogen (secondary N) is 2. The number of anilines is 1. The van der Waals surface area contributed by atoms with Crippen molar-refractivity contribution < 1.29 is 19.1 Å². The molecule has 0 saturated carbocycles. The van der Waals surface area contributed by atoms with E-state index in [1.807, 2.05) is 68.4 Å². The van der Waals surface area contributed by atoms with Gasteiger partial charge in [0.1, 0.15) is 11.5 Å². The fraction of sp³-hybridized carbons (Fsp3) is 0.259. The minimum atomic E-state index is -0.660. The number of benzene rings is 3. The molecule has 1 heterocycles. The lowest BCUT2D eigenvalue weighted by molar-refractivity contribution is -0.128. The zero-order chi connectivity index (χ0) is 23.4. The van der Waals surface area contributed by atoms with E-state index in [0.29, 0.717) is 23.6 Å². The first-order chi connectivity index (χ1) is 15.9. The fourth-order valence-corrected chi connectivity index (χ4v) is 3.73. The summed E-state index contributed by atoms with van der Waals surface area (Å²) in [7, 11) is 0. The number of amides is 2. The second-order valence-electron chi connectivity index (χ2n) is 8.14. The van der Waals surface area contributed by atoms with Gasteiger partial charge < -0.3 is 20.1 Å². The summed E-state index contributed by atoms with van der Waals surface area (Å²) in [5.41, 5.74) is 3.74. The molecule has 0 spiro atoms. The fourth-order valence-electron chi connectivity index (χ4n) is 3.73. The summed E-state index contributed by atoms with van der Waals surface area (Å²) in [5.74, 6) is 0.895. The minimum Gasteiger partial charge on any atom is -0.481 e. The van der Waals surface area contributed by atoms with E-state index in [4.69, 9.17) is 9.47 Å². The molecule has 3 aromatic rings. The van der Waals surface area contributed by atoms with Gasteiger partial charge in [-0.05, 0) is 61.2 Å². The van der Waals surface area contributed by atoms with Crippen molar-refractivity contribution in [3.05, 3.63) is 78.4 Å². The van der Waals surface area contributed by atoms with Crippen molar-refractivity contribution >= 4 is 17.5 Å². The average molecular weight is 445 g/mol. The topological polar surface area (TPSA) is 76.7 Å². The number of fused-ring (bicyclic) bond motifs is 1. The van der Waals surface area contributed by atoms with Crippen LogP contribution in [0.5, 0.6) is 11.5 Å². The highest BCUT2D eigenvalue weighted by Crippen LogP contribution is 2.33. The molecule has 3 aromatic carbocycles. The van der Waals surface area contributed by atoms with Crippen molar-refractivity contribution in [1.29, 1.82) is 0 Å². The standard InChI is InChI=1S/C27H28N2O4/c1-4-24-27(31)29-23-15-12-21(16-25(23)33-24)17(2)28-26(30)18(3)32-22-13-10-20(11-14-22)19-8-6-5-7-9-19/h5-18,24H,4H2,1-3H3,(H,28,30)(H,29,31). The van der Waals surface area contributed by atoms with E-state index in [-0.39, 0.29) is 17.9 Å². The van der Waals surface area contributed by atoms with E-state index < -0.39 is 12.2 Å². The molecule has 0 bridgehead atoms. The highest BCUT2D eigenvalue weighted by atomic mass is 16.5. The van der Waals surface area contributed by atoms with Gasteiger partial charge in [0.2, 0.25) is 0 Å². The lowest BCUT2D eigenvalue weighted by Crippen LogP contribution is -2.38. The Balaban J connectivity index is 1.36. The van der Waals surface area contributed by atoms with Gasteiger partial charge in [0, 0.05) is 0 Å². The molecular formula is C27H28N2O4. The van der Waals surface area contributed by atoms with Crippen molar-refractivity contribution in [3.63, 3.8) is 0 Å². The van der Waals surface area contributed by atoms with Crippen LogP contribution in [0.4, 0.5) is 5.69 Å². The number of ether oxygens (including phenoxy) is 2. The first-order valence-corrected chi connectivity index (χ1v) is 11.2. The van der Waals surface area contributed by atoms with Gasteiger partial charge in [-0.15, -0.1) is 0 Å². The van der Waals surface area contributed by atoms with Crippen LogP contribution in [0.15, 0.2) is 72.8 Å². The zero-order valence-corrected chi connectivity index (χ0v) is 19.0. The number of hydrogen-bond donors (Lipinski definition) is 2. The largest absolute Gasteiger partial charge is 0.481 e. The maximum atomic E-state index is 12.7. The van der Waals surface area contributed by atoms with Crippen LogP contribution in [0, 0.1) is 0 Å². The van der Waals surface area contributed by atoms with Crippen LogP contribution in [0.2, 0.25) is 0 Å². The van der Waals surface area contributed by atoms with E-state index in [1.165, 1.54) is 0 Å². The van der Waals surface area contributed by atoms with Crippen LogP contribution in [-0.4, -0.2) is 24.0 Å². The molecule has 0 aromatic heterocycles. The van der Waals surface area contributed by atoms with Crippen LogP contribution in [0.25, 0.3) is 11.1 Å². The first kappa shape index (κ1) is 22.4. The molecule has 2 amide bonds. The lowest BCUT2D eigenvalue weighted by Gasteiger charge is -2.26. The van der Waals surface area contributed by atoms with Crippen molar-refractivity contribution in [2.45, 2.75) is 45.4 Å². The van der Waals surface area contributed by atoms with Crippen LogP contribution in [-0.2, 0) is 9.59 Å². The summed E-state index contributed by atoms with van der Waals surface area (Å²) in [6, 6.07) is 23.1. The van der Waals surface area contributed by atoms with Crippen molar-refractivity contribution in [1.82, 2.24) is 5.32 Å². The lowest BCUT2D eigenvalue weighted by atomic mass is 10.1. The van der Waals surface area contributed by atoms with E-state index in [0.717, 1.165) is 16.7 Å². The van der Waals surface area contributed by atoms with Gasteiger partial charge in [-0.3, -0.25) is 9.59 Å². The summed E-state index contributed by atoms with van der Waals surface area (Å²) >= 11 is 0. The van der Waals surface area contributed by atoms with Crippen molar-refractivity contribution in [2.24, 2.45) is 0 Å². The number of rotatable bonds is 7. The molecule has 1 aliphatic rings. The molecule has 0 fully saturated rings. The predicted octanol–water partition coefficient (Wildman–Crippen LogP) is 5.11. The second kappa shape index (κ2) is 9.77. The van der Waals surface area contributed by atoms with Gasteiger partial charge >= 0.3 is 0 Å². The molecule has 1 aliphatic heterocycles. The first-order valence-electron chi connectivity index (χ1n) is 11.2. The molecule has 170 valence electrons. The Morgan fingerprint density at radius 3 is 2.42 bits per heavy atom. The van der Waals surface area contributed by atoms with Crippen molar-refractivity contribution in [3.8, 4) is 22.6 Å². The molecule has 0 saturated heterocycles. The van der Waals surface area contributed by atoms with Crippen molar-refractivity contribution in [2.75, 3.05) is 5.32 Å². The molecule has 6 heteroatoms. The monoisotopic (exact) mass is 444 g/mol. The smallest absolute Gasteiger partial charge is 0.265 e. The SMILES string of the molecule is CCC1Oc2cc(C(C)NC(=O)C(C)Oc3ccc(-c4ccccc4)cc3)ccc2NC1=O. The third-order valence-electron chi connectivity index (χ3n) is 5.70. The number of carbonyl (C=O) groups excluding carboxylic acids is 2. The third-order valence-corrected chi connectivity index (χ3v) is 5.70. The molecule has 3 unspecified atom stereocenters. The quantitative estimate of drug-likeness (QED) is 0.531. The van der Waals surface area contributed by atoms with Crippen LogP contribution in [0.3, 0.4) is 0 Å². The molecule has 4 rings (SSSR count).